The lowest BCUT2D eigenvalue weighted by atomic mass is 10.3. The third-order valence-electron chi connectivity index (χ3n) is 2.30. The second-order valence-electron chi connectivity index (χ2n) is 3.31. The van der Waals surface area contributed by atoms with Gasteiger partial charge in [0.1, 0.15) is 5.75 Å². The Kier molecular flexibility index (Phi) is 2.91. The molecule has 0 atom stereocenters. The number of benzene rings is 1. The fraction of sp³-hybridized carbons (Fsp3) is 0.300. The monoisotopic (exact) mass is 244 g/mol. The molecule has 0 aliphatic heterocycles. The molecule has 0 aliphatic carbocycles. The number of halogens is 2. The Bertz CT molecular complexity index is 561. The van der Waals surface area contributed by atoms with Gasteiger partial charge in [-0.15, -0.1) is 0 Å². The van der Waals surface area contributed by atoms with E-state index in [0.717, 1.165) is 0 Å². The molecule has 16 heavy (non-hydrogen) atoms. The molecule has 0 spiro atoms. The van der Waals surface area contributed by atoms with Crippen LogP contribution in [0.5, 0.6) is 5.75 Å². The molecule has 6 heteroatoms. The Labute approximate surface area is 95.7 Å². The maximum Gasteiger partial charge on any atom is 0.256 e. The summed E-state index contributed by atoms with van der Waals surface area (Å²) in [7, 11) is 1.55. The SMILES string of the molecule is COc1ccc2c(c1)[nH]c(=S)n2CC(F)F. The molecule has 0 unspecified atom stereocenters. The molecular formula is C10H10F2N2OS. The zero-order valence-electron chi connectivity index (χ0n) is 8.54. The van der Waals surface area contributed by atoms with E-state index in [-0.39, 0.29) is 0 Å². The molecule has 0 fully saturated rings. The van der Waals surface area contributed by atoms with Crippen LogP contribution in [0.1, 0.15) is 0 Å². The summed E-state index contributed by atoms with van der Waals surface area (Å²) >= 11 is 4.98. The number of nitrogens with one attached hydrogen (secondary N) is 1. The van der Waals surface area contributed by atoms with E-state index in [2.05, 4.69) is 4.98 Å². The van der Waals surface area contributed by atoms with Crippen LogP contribution in [0, 0.1) is 4.77 Å². The molecule has 1 heterocycles. The average Bonchev–Trinajstić information content (AvgIpc) is 2.54. The summed E-state index contributed by atoms with van der Waals surface area (Å²) in [4.78, 5) is 2.87. The first kappa shape index (κ1) is 11.1. The van der Waals surface area contributed by atoms with Crippen molar-refractivity contribution >= 4 is 23.3 Å². The maximum atomic E-state index is 12.3. The van der Waals surface area contributed by atoms with E-state index in [0.29, 0.717) is 21.6 Å². The zero-order valence-corrected chi connectivity index (χ0v) is 9.35. The van der Waals surface area contributed by atoms with Crippen LogP contribution in [-0.2, 0) is 6.54 Å². The fourth-order valence-electron chi connectivity index (χ4n) is 1.59. The highest BCUT2D eigenvalue weighted by Gasteiger charge is 2.10. The topological polar surface area (TPSA) is 29.9 Å². The minimum absolute atomic E-state index is 0.295. The molecule has 1 aromatic heterocycles. The normalized spacial score (nSPS) is 11.2. The number of nitrogens with zero attached hydrogens (tertiary/aromatic N) is 1. The van der Waals surface area contributed by atoms with Gasteiger partial charge < -0.3 is 14.3 Å². The van der Waals surface area contributed by atoms with Gasteiger partial charge in [0.15, 0.2) is 4.77 Å². The number of ether oxygens (including phenoxy) is 1. The van der Waals surface area contributed by atoms with Crippen LogP contribution in [0.2, 0.25) is 0 Å². The quantitative estimate of drug-likeness (QED) is 0.841. The summed E-state index contributed by atoms with van der Waals surface area (Å²) in [5.74, 6) is 0.660. The minimum atomic E-state index is -2.42. The predicted octanol–water partition coefficient (Wildman–Crippen LogP) is 2.97. The van der Waals surface area contributed by atoms with Gasteiger partial charge >= 0.3 is 0 Å². The van der Waals surface area contributed by atoms with Crippen molar-refractivity contribution in [1.29, 1.82) is 0 Å². The summed E-state index contributed by atoms with van der Waals surface area (Å²) < 4.78 is 31.4. The van der Waals surface area contributed by atoms with Crippen molar-refractivity contribution < 1.29 is 13.5 Å². The fourth-order valence-corrected chi connectivity index (χ4v) is 1.87. The largest absolute Gasteiger partial charge is 0.497 e. The van der Waals surface area contributed by atoms with Gasteiger partial charge in [0.25, 0.3) is 6.43 Å². The van der Waals surface area contributed by atoms with Crippen molar-refractivity contribution in [1.82, 2.24) is 9.55 Å². The molecule has 2 aromatic rings. The first-order chi connectivity index (χ1) is 7.61. The number of fused-ring (bicyclic) bond motifs is 1. The highest BCUT2D eigenvalue weighted by atomic mass is 32.1. The van der Waals surface area contributed by atoms with Gasteiger partial charge in [-0.05, 0) is 24.4 Å². The van der Waals surface area contributed by atoms with Gasteiger partial charge in [-0.25, -0.2) is 8.78 Å². The molecule has 86 valence electrons. The lowest BCUT2D eigenvalue weighted by Gasteiger charge is -2.03. The Morgan fingerprint density at radius 2 is 2.25 bits per heavy atom. The third-order valence-corrected chi connectivity index (χ3v) is 2.62. The third kappa shape index (κ3) is 1.92. The van der Waals surface area contributed by atoms with E-state index in [1.807, 2.05) is 0 Å². The van der Waals surface area contributed by atoms with E-state index in [9.17, 15) is 8.78 Å². The van der Waals surface area contributed by atoms with Gasteiger partial charge in [0, 0.05) is 6.07 Å². The van der Waals surface area contributed by atoms with Crippen LogP contribution in [-0.4, -0.2) is 23.1 Å². The number of hydrogen-bond acceptors (Lipinski definition) is 2. The number of aromatic nitrogens is 2. The average molecular weight is 244 g/mol. The highest BCUT2D eigenvalue weighted by molar-refractivity contribution is 7.71. The number of alkyl halides is 2. The van der Waals surface area contributed by atoms with E-state index < -0.39 is 13.0 Å². The van der Waals surface area contributed by atoms with Gasteiger partial charge in [-0.3, -0.25) is 0 Å². The van der Waals surface area contributed by atoms with Gasteiger partial charge in [0.05, 0.1) is 24.7 Å². The van der Waals surface area contributed by atoms with Crippen LogP contribution in [0.4, 0.5) is 8.78 Å². The molecule has 2 rings (SSSR count). The number of rotatable bonds is 3. The molecule has 0 radical (unpaired) electrons. The summed E-state index contributed by atoms with van der Waals surface area (Å²) in [5.41, 5.74) is 1.36. The Morgan fingerprint density at radius 3 is 2.88 bits per heavy atom. The van der Waals surface area contributed by atoms with Crippen molar-refractivity contribution in [2.75, 3.05) is 7.11 Å². The molecule has 0 saturated heterocycles. The first-order valence-corrected chi connectivity index (χ1v) is 5.07. The molecule has 1 N–H and O–H groups in total. The molecule has 0 aliphatic rings. The number of imidazole rings is 1. The molecule has 3 nitrogen and oxygen atoms in total. The van der Waals surface area contributed by atoms with Crippen LogP contribution in [0.3, 0.4) is 0 Å². The maximum absolute atomic E-state index is 12.3. The summed E-state index contributed by atoms with van der Waals surface area (Å²) in [6.45, 7) is -0.398. The standard InChI is InChI=1S/C10H10F2N2OS/c1-15-6-2-3-8-7(4-6)13-10(16)14(8)5-9(11)12/h2-4,9H,5H2,1H3,(H,13,16). The number of aromatic amines is 1. The Hall–Kier alpha value is -1.43. The van der Waals surface area contributed by atoms with Gasteiger partial charge in [-0.1, -0.05) is 0 Å². The van der Waals surface area contributed by atoms with Crippen molar-refractivity contribution in [2.45, 2.75) is 13.0 Å². The van der Waals surface area contributed by atoms with Crippen molar-refractivity contribution in [2.24, 2.45) is 0 Å². The lowest BCUT2D eigenvalue weighted by molar-refractivity contribution is 0.127. The highest BCUT2D eigenvalue weighted by Crippen LogP contribution is 2.21. The predicted molar refractivity (Wildman–Crippen MR) is 59.7 cm³/mol. The summed E-state index contributed by atoms with van der Waals surface area (Å²) in [6.07, 6.45) is -2.42. The van der Waals surface area contributed by atoms with Gasteiger partial charge in [-0.2, -0.15) is 0 Å². The first-order valence-electron chi connectivity index (χ1n) is 4.66. The Morgan fingerprint density at radius 1 is 1.50 bits per heavy atom. The van der Waals surface area contributed by atoms with Crippen molar-refractivity contribution in [3.63, 3.8) is 0 Å². The van der Waals surface area contributed by atoms with E-state index in [1.54, 1.807) is 25.3 Å². The molecule has 0 saturated carbocycles. The lowest BCUT2D eigenvalue weighted by Crippen LogP contribution is -2.06. The molecule has 0 bridgehead atoms. The Balaban J connectivity index is 2.58. The summed E-state index contributed by atoms with van der Waals surface area (Å²) in [5, 5.41) is 0. The molecular weight excluding hydrogens is 234 g/mol. The number of H-pyrrole nitrogens is 1. The van der Waals surface area contributed by atoms with E-state index in [1.165, 1.54) is 4.57 Å². The van der Waals surface area contributed by atoms with Crippen molar-refractivity contribution in [3.05, 3.63) is 23.0 Å². The number of hydrogen-bond donors (Lipinski definition) is 1. The van der Waals surface area contributed by atoms with Crippen LogP contribution < -0.4 is 4.74 Å². The van der Waals surface area contributed by atoms with Crippen LogP contribution in [0.25, 0.3) is 11.0 Å². The minimum Gasteiger partial charge on any atom is -0.497 e. The van der Waals surface area contributed by atoms with Crippen LogP contribution >= 0.6 is 12.2 Å². The van der Waals surface area contributed by atoms with Crippen LogP contribution in [0.15, 0.2) is 18.2 Å². The second-order valence-corrected chi connectivity index (χ2v) is 3.70. The summed E-state index contributed by atoms with van der Waals surface area (Å²) in [6, 6.07) is 5.16. The van der Waals surface area contributed by atoms with E-state index >= 15 is 0 Å². The second kappa shape index (κ2) is 4.21. The van der Waals surface area contributed by atoms with E-state index in [4.69, 9.17) is 17.0 Å². The molecule has 1 aromatic carbocycles. The van der Waals surface area contributed by atoms with Gasteiger partial charge in [0.2, 0.25) is 0 Å². The smallest absolute Gasteiger partial charge is 0.256 e. The van der Waals surface area contributed by atoms with Crippen molar-refractivity contribution in [3.8, 4) is 5.75 Å². The number of methoxy groups -OCH3 is 1. The zero-order chi connectivity index (χ0) is 11.7. The molecule has 0 amide bonds.